The van der Waals surface area contributed by atoms with Crippen LogP contribution in [-0.4, -0.2) is 41.5 Å². The Morgan fingerprint density at radius 2 is 1.90 bits per heavy atom. The average molecular weight is 402 g/mol. The Morgan fingerprint density at radius 1 is 1.17 bits per heavy atom. The molecular formula is C23H22N4O3. The number of likely N-dealkylation sites (N-methyl/N-ethyl adjacent to an activating group) is 1. The van der Waals surface area contributed by atoms with E-state index >= 15 is 0 Å². The molecule has 1 saturated carbocycles. The highest BCUT2D eigenvalue weighted by Crippen LogP contribution is 2.52. The number of carbonyl (C=O) groups is 2. The molecule has 7 heteroatoms. The maximum Gasteiger partial charge on any atom is 0.287 e. The van der Waals surface area contributed by atoms with Gasteiger partial charge in [0.15, 0.2) is 5.82 Å². The van der Waals surface area contributed by atoms with Gasteiger partial charge in [-0.1, -0.05) is 42.5 Å². The van der Waals surface area contributed by atoms with Gasteiger partial charge >= 0.3 is 0 Å². The highest BCUT2D eigenvalue weighted by molar-refractivity contribution is 6.02. The average Bonchev–Trinajstić information content (AvgIpc) is 3.47. The number of hydrogen-bond acceptors (Lipinski definition) is 4. The number of carbonyl (C=O) groups excluding carboxylic acids is 2. The minimum atomic E-state index is -0.799. The summed E-state index contributed by atoms with van der Waals surface area (Å²) in [5.41, 5.74) is 2.72. The molecule has 0 radical (unpaired) electrons. The van der Waals surface area contributed by atoms with Crippen LogP contribution in [0.4, 0.5) is 5.69 Å². The summed E-state index contributed by atoms with van der Waals surface area (Å²) in [5.74, 6) is 0.155. The molecule has 7 nitrogen and oxygen atoms in total. The van der Waals surface area contributed by atoms with Gasteiger partial charge in [0.1, 0.15) is 18.4 Å². The van der Waals surface area contributed by atoms with Crippen LogP contribution in [0, 0.1) is 0 Å². The van der Waals surface area contributed by atoms with Gasteiger partial charge in [0.25, 0.3) is 11.8 Å². The minimum absolute atomic E-state index is 0.0629. The molecule has 1 aliphatic carbocycles. The summed E-state index contributed by atoms with van der Waals surface area (Å²) in [6.07, 6.45) is 3.75. The summed E-state index contributed by atoms with van der Waals surface area (Å²) in [7, 11) is 1.68. The van der Waals surface area contributed by atoms with Gasteiger partial charge in [0, 0.05) is 24.4 Å². The van der Waals surface area contributed by atoms with Crippen LogP contribution in [0.15, 0.2) is 60.8 Å². The molecule has 0 spiro atoms. The van der Waals surface area contributed by atoms with E-state index in [9.17, 15) is 9.59 Å². The van der Waals surface area contributed by atoms with E-state index in [4.69, 9.17) is 4.74 Å². The number of aromatic amines is 1. The highest BCUT2D eigenvalue weighted by Gasteiger charge is 2.47. The van der Waals surface area contributed by atoms with Crippen molar-refractivity contribution in [2.75, 3.05) is 18.6 Å². The zero-order valence-electron chi connectivity index (χ0n) is 16.6. The second-order valence-corrected chi connectivity index (χ2v) is 7.80. The number of anilines is 1. The predicted octanol–water partition coefficient (Wildman–Crippen LogP) is 2.64. The number of amides is 2. The van der Waals surface area contributed by atoms with Crippen molar-refractivity contribution in [2.24, 2.45) is 0 Å². The van der Waals surface area contributed by atoms with Gasteiger partial charge in [0.05, 0.1) is 5.69 Å². The van der Waals surface area contributed by atoms with Gasteiger partial charge in [-0.05, 0) is 30.5 Å². The van der Waals surface area contributed by atoms with Crippen molar-refractivity contribution in [2.45, 2.75) is 24.3 Å². The molecule has 1 aliphatic heterocycles. The minimum Gasteiger partial charge on any atom is -0.489 e. The van der Waals surface area contributed by atoms with Crippen molar-refractivity contribution in [3.05, 3.63) is 77.9 Å². The first-order valence-electron chi connectivity index (χ1n) is 10.00. The Kier molecular flexibility index (Phi) is 4.31. The Balaban J connectivity index is 1.33. The molecule has 1 aromatic heterocycles. The number of para-hydroxylation sites is 2. The Bertz CT molecular complexity index is 1100. The van der Waals surface area contributed by atoms with Crippen molar-refractivity contribution >= 4 is 17.5 Å². The summed E-state index contributed by atoms with van der Waals surface area (Å²) in [5, 5.41) is 2.77. The third-order valence-electron chi connectivity index (χ3n) is 5.95. The van der Waals surface area contributed by atoms with Crippen LogP contribution >= 0.6 is 0 Å². The number of imidazole rings is 1. The lowest BCUT2D eigenvalue weighted by molar-refractivity contribution is -0.120. The summed E-state index contributed by atoms with van der Waals surface area (Å²) in [6, 6.07) is 16.7. The summed E-state index contributed by atoms with van der Waals surface area (Å²) < 4.78 is 5.76. The standard InChI is InChI=1S/C23H22N4O3/c1-27-17-9-5-6-10-18(17)30-14-16(22(27)29)25-21(28)20-24-13-19(26-20)23(11-12-23)15-7-3-2-4-8-15/h2-10,13,16H,11-12,14H2,1H3,(H,24,26)(H,25,28)/t16-/m0/s1. The van der Waals surface area contributed by atoms with Crippen molar-refractivity contribution in [1.82, 2.24) is 15.3 Å². The molecule has 0 saturated heterocycles. The molecular weight excluding hydrogens is 380 g/mol. The number of ether oxygens (including phenoxy) is 1. The van der Waals surface area contributed by atoms with E-state index in [1.165, 1.54) is 10.5 Å². The van der Waals surface area contributed by atoms with Crippen molar-refractivity contribution in [3.63, 3.8) is 0 Å². The van der Waals surface area contributed by atoms with E-state index < -0.39 is 11.9 Å². The molecule has 1 atom stereocenters. The van der Waals surface area contributed by atoms with Crippen LogP contribution in [0.1, 0.15) is 34.7 Å². The quantitative estimate of drug-likeness (QED) is 0.702. The van der Waals surface area contributed by atoms with E-state index in [-0.39, 0.29) is 23.8 Å². The molecule has 0 bridgehead atoms. The van der Waals surface area contributed by atoms with Crippen LogP contribution in [0.25, 0.3) is 0 Å². The van der Waals surface area contributed by atoms with Crippen LogP contribution in [0.5, 0.6) is 5.75 Å². The number of fused-ring (bicyclic) bond motifs is 1. The molecule has 5 rings (SSSR count). The fraction of sp³-hybridized carbons (Fsp3) is 0.261. The molecule has 152 valence electrons. The van der Waals surface area contributed by atoms with Gasteiger partial charge in [-0.2, -0.15) is 0 Å². The largest absolute Gasteiger partial charge is 0.489 e. The number of nitrogens with one attached hydrogen (secondary N) is 2. The number of rotatable bonds is 4. The summed E-state index contributed by atoms with van der Waals surface area (Å²) in [6.45, 7) is 0.0629. The van der Waals surface area contributed by atoms with E-state index in [1.54, 1.807) is 19.3 Å². The maximum absolute atomic E-state index is 12.8. The van der Waals surface area contributed by atoms with E-state index in [0.717, 1.165) is 18.5 Å². The summed E-state index contributed by atoms with van der Waals surface area (Å²) in [4.78, 5) is 34.6. The van der Waals surface area contributed by atoms with Gasteiger partial charge in [0.2, 0.25) is 0 Å². The van der Waals surface area contributed by atoms with Gasteiger partial charge < -0.3 is 19.9 Å². The Morgan fingerprint density at radius 3 is 2.67 bits per heavy atom. The third-order valence-corrected chi connectivity index (χ3v) is 5.95. The molecule has 2 aliphatic rings. The SMILES string of the molecule is CN1C(=O)[C@@H](NC(=O)c2ncc(C3(c4ccccc4)CC3)[nH]2)COc2ccccc21. The second-order valence-electron chi connectivity index (χ2n) is 7.80. The Hall–Kier alpha value is -3.61. The lowest BCUT2D eigenvalue weighted by Gasteiger charge is -2.20. The number of aromatic nitrogens is 2. The summed E-state index contributed by atoms with van der Waals surface area (Å²) >= 11 is 0. The number of hydrogen-bond donors (Lipinski definition) is 2. The molecule has 0 unspecified atom stereocenters. The van der Waals surface area contributed by atoms with Gasteiger partial charge in [-0.15, -0.1) is 0 Å². The topological polar surface area (TPSA) is 87.3 Å². The van der Waals surface area contributed by atoms with Crippen LogP contribution in [0.3, 0.4) is 0 Å². The van der Waals surface area contributed by atoms with Crippen molar-refractivity contribution in [3.8, 4) is 5.75 Å². The van der Waals surface area contributed by atoms with Crippen LogP contribution in [0.2, 0.25) is 0 Å². The van der Waals surface area contributed by atoms with E-state index in [2.05, 4.69) is 27.4 Å². The van der Waals surface area contributed by atoms with Crippen molar-refractivity contribution < 1.29 is 14.3 Å². The highest BCUT2D eigenvalue weighted by atomic mass is 16.5. The van der Waals surface area contributed by atoms with Crippen LogP contribution < -0.4 is 15.0 Å². The smallest absolute Gasteiger partial charge is 0.287 e. The van der Waals surface area contributed by atoms with E-state index in [1.807, 2.05) is 36.4 Å². The first-order valence-corrected chi connectivity index (χ1v) is 10.00. The lowest BCUT2D eigenvalue weighted by Crippen LogP contribution is -2.49. The zero-order valence-corrected chi connectivity index (χ0v) is 16.6. The normalized spacial score (nSPS) is 19.4. The molecule has 30 heavy (non-hydrogen) atoms. The number of benzene rings is 2. The lowest BCUT2D eigenvalue weighted by atomic mass is 9.93. The number of H-pyrrole nitrogens is 1. The first kappa shape index (κ1) is 18.4. The second kappa shape index (κ2) is 7.02. The molecule has 2 amide bonds. The maximum atomic E-state index is 12.8. The molecule has 2 N–H and O–H groups in total. The fourth-order valence-corrected chi connectivity index (χ4v) is 4.06. The van der Waals surface area contributed by atoms with Crippen LogP contribution in [-0.2, 0) is 10.2 Å². The zero-order chi connectivity index (χ0) is 20.7. The third kappa shape index (κ3) is 3.03. The van der Waals surface area contributed by atoms with Gasteiger partial charge in [-0.3, -0.25) is 9.59 Å². The predicted molar refractivity (Wildman–Crippen MR) is 112 cm³/mol. The van der Waals surface area contributed by atoms with Gasteiger partial charge in [-0.25, -0.2) is 4.98 Å². The fourth-order valence-electron chi connectivity index (χ4n) is 4.06. The molecule has 3 aromatic rings. The van der Waals surface area contributed by atoms with E-state index in [0.29, 0.717) is 11.4 Å². The van der Waals surface area contributed by atoms with Crippen molar-refractivity contribution in [1.29, 1.82) is 0 Å². The molecule has 2 heterocycles. The monoisotopic (exact) mass is 402 g/mol. The molecule has 1 fully saturated rings. The molecule has 2 aromatic carbocycles. The Labute approximate surface area is 174 Å². The first-order chi connectivity index (χ1) is 14.6. The number of nitrogens with zero attached hydrogens (tertiary/aromatic N) is 2.